The molecule has 0 atom stereocenters. The summed E-state index contributed by atoms with van der Waals surface area (Å²) in [6.45, 7) is 10.3. The summed E-state index contributed by atoms with van der Waals surface area (Å²) < 4.78 is 0. The van der Waals surface area contributed by atoms with Gasteiger partial charge < -0.3 is 5.73 Å². The Kier molecular flexibility index (Phi) is 3.43. The van der Waals surface area contributed by atoms with Crippen LogP contribution in [0.4, 0.5) is 5.69 Å². The van der Waals surface area contributed by atoms with Crippen molar-refractivity contribution in [2.24, 2.45) is 5.41 Å². The van der Waals surface area contributed by atoms with E-state index in [0.29, 0.717) is 5.41 Å². The molecule has 0 radical (unpaired) electrons. The van der Waals surface area contributed by atoms with Gasteiger partial charge in [-0.3, -0.25) is 4.90 Å². The highest BCUT2D eigenvalue weighted by Gasteiger charge is 2.19. The molecule has 2 heteroatoms. The van der Waals surface area contributed by atoms with E-state index in [2.05, 4.69) is 37.8 Å². The standard InChI is InChI=1S/C15H24N2/c1-15(2,3)8-10-17-9-7-13-12(11-17)5-4-6-14(13)16/h4-6H,7-11,16H2,1-3H3. The van der Waals surface area contributed by atoms with E-state index in [9.17, 15) is 0 Å². The Morgan fingerprint density at radius 3 is 2.76 bits per heavy atom. The van der Waals surface area contributed by atoms with Gasteiger partial charge in [-0.25, -0.2) is 0 Å². The Morgan fingerprint density at radius 1 is 1.29 bits per heavy atom. The van der Waals surface area contributed by atoms with E-state index in [4.69, 9.17) is 5.73 Å². The van der Waals surface area contributed by atoms with Gasteiger partial charge >= 0.3 is 0 Å². The van der Waals surface area contributed by atoms with Gasteiger partial charge in [0.05, 0.1) is 0 Å². The Morgan fingerprint density at radius 2 is 2.06 bits per heavy atom. The molecule has 0 saturated carbocycles. The Hall–Kier alpha value is -1.02. The van der Waals surface area contributed by atoms with Crippen LogP contribution in [0.1, 0.15) is 38.3 Å². The number of hydrogen-bond acceptors (Lipinski definition) is 2. The molecule has 1 heterocycles. The van der Waals surface area contributed by atoms with Crippen LogP contribution >= 0.6 is 0 Å². The number of fused-ring (bicyclic) bond motifs is 1. The van der Waals surface area contributed by atoms with Crippen molar-refractivity contribution < 1.29 is 0 Å². The lowest BCUT2D eigenvalue weighted by molar-refractivity contribution is 0.213. The number of rotatable bonds is 2. The first-order valence-corrected chi connectivity index (χ1v) is 6.54. The number of anilines is 1. The van der Waals surface area contributed by atoms with Gasteiger partial charge in [0.2, 0.25) is 0 Å². The highest BCUT2D eigenvalue weighted by molar-refractivity contribution is 5.51. The van der Waals surface area contributed by atoms with Gasteiger partial charge in [-0.05, 0) is 42.0 Å². The molecule has 1 aliphatic heterocycles. The number of benzene rings is 1. The van der Waals surface area contributed by atoms with Crippen molar-refractivity contribution in [1.29, 1.82) is 0 Å². The second kappa shape index (κ2) is 4.69. The topological polar surface area (TPSA) is 29.3 Å². The number of hydrogen-bond donors (Lipinski definition) is 1. The van der Waals surface area contributed by atoms with Crippen molar-refractivity contribution in [1.82, 2.24) is 4.90 Å². The predicted octanol–water partition coefficient (Wildman–Crippen LogP) is 3.06. The van der Waals surface area contributed by atoms with Gasteiger partial charge in [0, 0.05) is 18.8 Å². The number of nitrogen functional groups attached to an aromatic ring is 1. The van der Waals surface area contributed by atoms with Crippen molar-refractivity contribution in [3.63, 3.8) is 0 Å². The van der Waals surface area contributed by atoms with Crippen LogP contribution < -0.4 is 5.73 Å². The first-order valence-electron chi connectivity index (χ1n) is 6.54. The first kappa shape index (κ1) is 12.4. The van der Waals surface area contributed by atoms with Crippen LogP contribution in [0.5, 0.6) is 0 Å². The van der Waals surface area contributed by atoms with E-state index in [-0.39, 0.29) is 0 Å². The van der Waals surface area contributed by atoms with Crippen molar-refractivity contribution in [2.45, 2.75) is 40.2 Å². The maximum absolute atomic E-state index is 6.01. The molecule has 2 nitrogen and oxygen atoms in total. The normalized spacial score (nSPS) is 16.9. The number of nitrogens with zero attached hydrogens (tertiary/aromatic N) is 1. The van der Waals surface area contributed by atoms with Gasteiger partial charge in [0.15, 0.2) is 0 Å². The molecule has 1 aromatic carbocycles. The molecule has 0 fully saturated rings. The molecule has 0 amide bonds. The average molecular weight is 232 g/mol. The molecule has 17 heavy (non-hydrogen) atoms. The van der Waals surface area contributed by atoms with Crippen LogP contribution in [0.2, 0.25) is 0 Å². The second-order valence-electron chi connectivity index (χ2n) is 6.32. The molecule has 2 N–H and O–H groups in total. The largest absolute Gasteiger partial charge is 0.398 e. The zero-order chi connectivity index (χ0) is 12.5. The molecule has 0 bridgehead atoms. The van der Waals surface area contributed by atoms with Crippen LogP contribution in [0.15, 0.2) is 18.2 Å². The van der Waals surface area contributed by atoms with Crippen molar-refractivity contribution in [3.05, 3.63) is 29.3 Å². The molecule has 0 aliphatic carbocycles. The molecule has 1 aromatic rings. The average Bonchev–Trinajstić information content (AvgIpc) is 2.26. The van der Waals surface area contributed by atoms with Crippen LogP contribution in [-0.4, -0.2) is 18.0 Å². The highest BCUT2D eigenvalue weighted by Crippen LogP contribution is 2.26. The lowest BCUT2D eigenvalue weighted by Gasteiger charge is -2.31. The Labute approximate surface area is 105 Å². The molecule has 94 valence electrons. The summed E-state index contributed by atoms with van der Waals surface area (Å²) in [5.41, 5.74) is 10.2. The van der Waals surface area contributed by atoms with E-state index < -0.39 is 0 Å². The molecule has 2 rings (SSSR count). The fraction of sp³-hybridized carbons (Fsp3) is 0.600. The molecule has 0 spiro atoms. The highest BCUT2D eigenvalue weighted by atomic mass is 15.1. The fourth-order valence-electron chi connectivity index (χ4n) is 2.38. The van der Waals surface area contributed by atoms with Crippen molar-refractivity contribution >= 4 is 5.69 Å². The zero-order valence-corrected chi connectivity index (χ0v) is 11.3. The van der Waals surface area contributed by atoms with Crippen molar-refractivity contribution in [2.75, 3.05) is 18.8 Å². The minimum Gasteiger partial charge on any atom is -0.398 e. The van der Waals surface area contributed by atoms with Gasteiger partial charge in [-0.1, -0.05) is 32.9 Å². The summed E-state index contributed by atoms with van der Waals surface area (Å²) >= 11 is 0. The third-order valence-corrected chi connectivity index (χ3v) is 3.56. The van der Waals surface area contributed by atoms with Crippen molar-refractivity contribution in [3.8, 4) is 0 Å². The Bertz CT molecular complexity index is 390. The van der Waals surface area contributed by atoms with Crippen LogP contribution in [-0.2, 0) is 13.0 Å². The Balaban J connectivity index is 1.99. The minimum absolute atomic E-state index is 0.427. The van der Waals surface area contributed by atoms with Gasteiger partial charge in [-0.2, -0.15) is 0 Å². The van der Waals surface area contributed by atoms with Crippen LogP contribution in [0.25, 0.3) is 0 Å². The molecule has 0 saturated heterocycles. The van der Waals surface area contributed by atoms with E-state index in [1.807, 2.05) is 6.07 Å². The van der Waals surface area contributed by atoms with E-state index in [0.717, 1.165) is 25.2 Å². The van der Waals surface area contributed by atoms with E-state index in [1.165, 1.54) is 24.1 Å². The predicted molar refractivity (Wildman–Crippen MR) is 73.9 cm³/mol. The smallest absolute Gasteiger partial charge is 0.0350 e. The fourth-order valence-corrected chi connectivity index (χ4v) is 2.38. The molecule has 1 aliphatic rings. The minimum atomic E-state index is 0.427. The summed E-state index contributed by atoms with van der Waals surface area (Å²) in [7, 11) is 0. The maximum Gasteiger partial charge on any atom is 0.0350 e. The summed E-state index contributed by atoms with van der Waals surface area (Å²) in [6.07, 6.45) is 2.36. The van der Waals surface area contributed by atoms with E-state index >= 15 is 0 Å². The summed E-state index contributed by atoms with van der Waals surface area (Å²) in [4.78, 5) is 2.55. The monoisotopic (exact) mass is 232 g/mol. The molecular formula is C15H24N2. The quantitative estimate of drug-likeness (QED) is 0.794. The molecule has 0 aromatic heterocycles. The maximum atomic E-state index is 6.01. The van der Waals surface area contributed by atoms with Crippen LogP contribution in [0, 0.1) is 5.41 Å². The lowest BCUT2D eigenvalue weighted by Crippen LogP contribution is -2.33. The third-order valence-electron chi connectivity index (χ3n) is 3.56. The van der Waals surface area contributed by atoms with Gasteiger partial charge in [-0.15, -0.1) is 0 Å². The van der Waals surface area contributed by atoms with Gasteiger partial charge in [0.25, 0.3) is 0 Å². The number of nitrogens with two attached hydrogens (primary N) is 1. The summed E-state index contributed by atoms with van der Waals surface area (Å²) in [5.74, 6) is 0. The van der Waals surface area contributed by atoms with Gasteiger partial charge in [0.1, 0.15) is 0 Å². The summed E-state index contributed by atoms with van der Waals surface area (Å²) in [5, 5.41) is 0. The zero-order valence-electron chi connectivity index (χ0n) is 11.3. The molecular weight excluding hydrogens is 208 g/mol. The second-order valence-corrected chi connectivity index (χ2v) is 6.32. The summed E-state index contributed by atoms with van der Waals surface area (Å²) in [6, 6.07) is 6.31. The van der Waals surface area contributed by atoms with Crippen LogP contribution in [0.3, 0.4) is 0 Å². The van der Waals surface area contributed by atoms with E-state index in [1.54, 1.807) is 0 Å². The first-order chi connectivity index (χ1) is 7.96. The lowest BCUT2D eigenvalue weighted by atomic mass is 9.91. The third kappa shape index (κ3) is 3.22. The molecule has 0 unspecified atom stereocenters. The SMILES string of the molecule is CC(C)(C)CCN1CCc2c(N)cccc2C1.